The molecule has 0 radical (unpaired) electrons. The summed E-state index contributed by atoms with van der Waals surface area (Å²) in [5.74, 6) is 0. The van der Waals surface area contributed by atoms with Crippen molar-refractivity contribution >= 4 is 65.6 Å². The monoisotopic (exact) mass is 726 g/mol. The van der Waals surface area contributed by atoms with E-state index >= 15 is 0 Å². The number of benzene rings is 9. The van der Waals surface area contributed by atoms with Gasteiger partial charge in [0.15, 0.2) is 5.58 Å². The van der Waals surface area contributed by atoms with E-state index in [2.05, 4.69) is 209 Å². The van der Waals surface area contributed by atoms with Crippen LogP contribution in [0.5, 0.6) is 0 Å². The predicted octanol–water partition coefficient (Wildman–Crippen LogP) is 14.8. The molecule has 0 unspecified atom stereocenters. The molecule has 0 amide bonds. The van der Waals surface area contributed by atoms with Gasteiger partial charge in [-0.25, -0.2) is 0 Å². The van der Waals surface area contributed by atoms with E-state index in [9.17, 15) is 0 Å². The van der Waals surface area contributed by atoms with Crippen LogP contribution in [0, 0.1) is 0 Å². The van der Waals surface area contributed by atoms with Crippen LogP contribution in [-0.2, 0) is 0 Å². The molecule has 0 aliphatic heterocycles. The van der Waals surface area contributed by atoms with Gasteiger partial charge in [0.2, 0.25) is 0 Å². The molecule has 0 aliphatic rings. The molecule has 0 aliphatic carbocycles. The largest absolute Gasteiger partial charge is 0.454 e. The second-order valence-electron chi connectivity index (χ2n) is 14.9. The number of aromatic nitrogens is 2. The number of hydrogen-bond acceptors (Lipinski definition) is 1. The minimum absolute atomic E-state index is 0.899. The molecule has 3 aromatic heterocycles. The predicted molar refractivity (Wildman–Crippen MR) is 239 cm³/mol. The Balaban J connectivity index is 1.08. The normalized spacial score (nSPS) is 11.9. The highest BCUT2D eigenvalue weighted by atomic mass is 16.3. The van der Waals surface area contributed by atoms with Gasteiger partial charge in [-0.3, -0.25) is 0 Å². The van der Waals surface area contributed by atoms with Crippen LogP contribution in [0.1, 0.15) is 0 Å². The first-order valence-corrected chi connectivity index (χ1v) is 19.5. The summed E-state index contributed by atoms with van der Waals surface area (Å²) in [6.45, 7) is 0. The Morgan fingerprint density at radius 3 is 1.72 bits per heavy atom. The number of rotatable bonds is 5. The van der Waals surface area contributed by atoms with Crippen molar-refractivity contribution < 1.29 is 4.42 Å². The molecule has 3 heterocycles. The van der Waals surface area contributed by atoms with Crippen LogP contribution in [0.3, 0.4) is 0 Å². The summed E-state index contributed by atoms with van der Waals surface area (Å²) < 4.78 is 11.4. The summed E-state index contributed by atoms with van der Waals surface area (Å²) in [6.07, 6.45) is 0. The van der Waals surface area contributed by atoms with E-state index in [1.165, 1.54) is 66.0 Å². The van der Waals surface area contributed by atoms with Crippen LogP contribution in [0.25, 0.3) is 110 Å². The lowest BCUT2D eigenvalue weighted by atomic mass is 9.97. The third kappa shape index (κ3) is 4.86. The lowest BCUT2D eigenvalue weighted by Gasteiger charge is -2.11. The molecular formula is C54H34N2O. The lowest BCUT2D eigenvalue weighted by Crippen LogP contribution is -1.94. The molecule has 9 aromatic carbocycles. The Kier molecular flexibility index (Phi) is 6.93. The van der Waals surface area contributed by atoms with Crippen molar-refractivity contribution in [2.45, 2.75) is 0 Å². The van der Waals surface area contributed by atoms with Crippen molar-refractivity contribution in [3.63, 3.8) is 0 Å². The average Bonchev–Trinajstić information content (AvgIpc) is 3.94. The average molecular weight is 727 g/mol. The lowest BCUT2D eigenvalue weighted by molar-refractivity contribution is 0.666. The second-order valence-corrected chi connectivity index (χ2v) is 14.9. The fourth-order valence-electron chi connectivity index (χ4n) is 9.16. The van der Waals surface area contributed by atoms with Crippen LogP contribution in [0.2, 0.25) is 0 Å². The third-order valence-electron chi connectivity index (χ3n) is 11.7. The molecule has 57 heavy (non-hydrogen) atoms. The van der Waals surface area contributed by atoms with E-state index in [0.717, 1.165) is 44.3 Å². The summed E-state index contributed by atoms with van der Waals surface area (Å²) in [5.41, 5.74) is 15.9. The summed E-state index contributed by atoms with van der Waals surface area (Å²) in [5, 5.41) is 7.16. The molecule has 0 saturated carbocycles. The fourth-order valence-corrected chi connectivity index (χ4v) is 9.16. The van der Waals surface area contributed by atoms with Gasteiger partial charge >= 0.3 is 0 Å². The molecule has 0 N–H and O–H groups in total. The zero-order valence-corrected chi connectivity index (χ0v) is 30.9. The number of hydrogen-bond donors (Lipinski definition) is 0. The van der Waals surface area contributed by atoms with Crippen molar-refractivity contribution in [2.75, 3.05) is 0 Å². The minimum Gasteiger partial charge on any atom is -0.454 e. The summed E-state index contributed by atoms with van der Waals surface area (Å²) in [7, 11) is 0. The highest BCUT2D eigenvalue weighted by molar-refractivity contribution is 6.17. The zero-order chi connectivity index (χ0) is 37.5. The Morgan fingerprint density at radius 2 is 0.895 bits per heavy atom. The molecule has 12 rings (SSSR count). The van der Waals surface area contributed by atoms with E-state index in [-0.39, 0.29) is 0 Å². The summed E-state index contributed by atoms with van der Waals surface area (Å²) in [4.78, 5) is 0. The second kappa shape index (κ2) is 12.5. The first kappa shape index (κ1) is 31.7. The Hall–Kier alpha value is -7.62. The van der Waals surface area contributed by atoms with Gasteiger partial charge in [-0.2, -0.15) is 0 Å². The third-order valence-corrected chi connectivity index (χ3v) is 11.7. The van der Waals surface area contributed by atoms with Crippen LogP contribution in [0.15, 0.2) is 211 Å². The minimum atomic E-state index is 0.899. The number of nitrogens with zero attached hydrogens (tertiary/aromatic N) is 2. The van der Waals surface area contributed by atoms with E-state index in [1.54, 1.807) is 0 Å². The van der Waals surface area contributed by atoms with Crippen molar-refractivity contribution in [2.24, 2.45) is 0 Å². The van der Waals surface area contributed by atoms with Gasteiger partial charge in [-0.15, -0.1) is 0 Å². The van der Waals surface area contributed by atoms with Gasteiger partial charge in [0.25, 0.3) is 0 Å². The smallest absolute Gasteiger partial charge is 0.159 e. The molecule has 3 heteroatoms. The molecule has 0 bridgehead atoms. The maximum Gasteiger partial charge on any atom is 0.159 e. The van der Waals surface area contributed by atoms with Gasteiger partial charge < -0.3 is 13.6 Å². The van der Waals surface area contributed by atoms with E-state index < -0.39 is 0 Å². The van der Waals surface area contributed by atoms with E-state index in [4.69, 9.17) is 4.42 Å². The van der Waals surface area contributed by atoms with Gasteiger partial charge in [0.1, 0.15) is 5.58 Å². The summed E-state index contributed by atoms with van der Waals surface area (Å²) >= 11 is 0. The first-order valence-electron chi connectivity index (χ1n) is 19.5. The van der Waals surface area contributed by atoms with Crippen molar-refractivity contribution in [1.29, 1.82) is 0 Å². The number of fused-ring (bicyclic) bond motifs is 9. The molecule has 266 valence electrons. The van der Waals surface area contributed by atoms with E-state index in [0.29, 0.717) is 0 Å². The standard InChI is InChI=1S/C54H34N2O/c1-3-14-35(15-4-1)37-18-11-19-40(32-37)55-49-31-29-39(34-46(49)53-41(22-12-25-50(53)55)36-16-5-2-6-17-36)38-28-30-48-45(33-38)42-20-7-9-24-47(42)56(48)51-26-13-23-44-43-21-8-10-27-52(43)57-54(44)51/h1-34H. The number of para-hydroxylation sites is 3. The fraction of sp³-hybridized carbons (Fsp3) is 0. The van der Waals surface area contributed by atoms with Gasteiger partial charge in [0, 0.05) is 38.0 Å². The molecular weight excluding hydrogens is 693 g/mol. The van der Waals surface area contributed by atoms with Crippen molar-refractivity contribution in [3.05, 3.63) is 206 Å². The first-order chi connectivity index (χ1) is 28.3. The van der Waals surface area contributed by atoms with Crippen LogP contribution in [0.4, 0.5) is 0 Å². The Bertz CT molecular complexity index is 3510. The van der Waals surface area contributed by atoms with Gasteiger partial charge in [0.05, 0.1) is 27.8 Å². The molecule has 0 spiro atoms. The molecule has 0 saturated heterocycles. The highest BCUT2D eigenvalue weighted by Gasteiger charge is 2.20. The van der Waals surface area contributed by atoms with E-state index in [1.807, 2.05) is 6.07 Å². The number of furan rings is 1. The maximum atomic E-state index is 6.56. The highest BCUT2D eigenvalue weighted by Crippen LogP contribution is 2.43. The van der Waals surface area contributed by atoms with Crippen molar-refractivity contribution in [3.8, 4) is 44.8 Å². The van der Waals surface area contributed by atoms with Crippen LogP contribution >= 0.6 is 0 Å². The molecule has 0 atom stereocenters. The van der Waals surface area contributed by atoms with Crippen LogP contribution < -0.4 is 0 Å². The maximum absolute atomic E-state index is 6.56. The molecule has 0 fully saturated rings. The van der Waals surface area contributed by atoms with Gasteiger partial charge in [-0.05, 0) is 94.0 Å². The summed E-state index contributed by atoms with van der Waals surface area (Å²) in [6, 6.07) is 74.5. The SMILES string of the molecule is c1ccc(-c2cccc(-n3c4ccc(-c5ccc6c(c5)c5ccccc5n6-c5cccc6c5oc5ccccc56)cc4c4c(-c5ccccc5)cccc43)c2)cc1. The topological polar surface area (TPSA) is 23.0 Å². The Labute approximate surface area is 328 Å². The Morgan fingerprint density at radius 1 is 0.316 bits per heavy atom. The molecule has 3 nitrogen and oxygen atoms in total. The molecule has 12 aromatic rings. The quantitative estimate of drug-likeness (QED) is 0.173. The van der Waals surface area contributed by atoms with Crippen LogP contribution in [-0.4, -0.2) is 9.13 Å². The van der Waals surface area contributed by atoms with Gasteiger partial charge in [-0.1, -0.05) is 146 Å². The van der Waals surface area contributed by atoms with Crippen molar-refractivity contribution in [1.82, 2.24) is 9.13 Å². The zero-order valence-electron chi connectivity index (χ0n) is 30.9.